The van der Waals surface area contributed by atoms with E-state index < -0.39 is 0 Å². The van der Waals surface area contributed by atoms with Crippen LogP contribution in [0.2, 0.25) is 10.2 Å². The molecule has 2 N–H and O–H groups in total. The van der Waals surface area contributed by atoms with Gasteiger partial charge in [0.1, 0.15) is 5.15 Å². The molecular weight excluding hydrogens is 219 g/mol. The number of halogens is 2. The van der Waals surface area contributed by atoms with Crippen molar-refractivity contribution < 1.29 is 0 Å². The van der Waals surface area contributed by atoms with Crippen LogP contribution >= 0.6 is 23.2 Å². The maximum Gasteiger partial charge on any atom is 0.133 e. The molecule has 0 aromatic carbocycles. The van der Waals surface area contributed by atoms with E-state index in [0.717, 1.165) is 11.3 Å². The van der Waals surface area contributed by atoms with E-state index in [0.29, 0.717) is 22.6 Å². The van der Waals surface area contributed by atoms with Gasteiger partial charge in [-0.15, -0.1) is 0 Å². The standard InChI is InChI=1S/C10H12Cl2N2/c11-8-4-7(5-13)10(12)14-9(8)6-2-1-3-6/h4,6H,1-3,5,13H2. The van der Waals surface area contributed by atoms with Crippen molar-refractivity contribution in [2.75, 3.05) is 0 Å². The lowest BCUT2D eigenvalue weighted by Crippen LogP contribution is -2.12. The van der Waals surface area contributed by atoms with Gasteiger partial charge in [0.2, 0.25) is 0 Å². The molecule has 1 aliphatic rings. The Kier molecular flexibility index (Phi) is 2.96. The highest BCUT2D eigenvalue weighted by atomic mass is 35.5. The fourth-order valence-electron chi connectivity index (χ4n) is 1.63. The molecule has 0 amide bonds. The molecule has 2 nitrogen and oxygen atoms in total. The Morgan fingerprint density at radius 2 is 2.14 bits per heavy atom. The van der Waals surface area contributed by atoms with E-state index in [2.05, 4.69) is 4.98 Å². The van der Waals surface area contributed by atoms with E-state index in [4.69, 9.17) is 28.9 Å². The monoisotopic (exact) mass is 230 g/mol. The fourth-order valence-corrected chi connectivity index (χ4v) is 2.18. The molecule has 0 saturated heterocycles. The van der Waals surface area contributed by atoms with Gasteiger partial charge < -0.3 is 5.73 Å². The first-order chi connectivity index (χ1) is 6.72. The summed E-state index contributed by atoms with van der Waals surface area (Å²) in [4.78, 5) is 4.32. The van der Waals surface area contributed by atoms with E-state index in [-0.39, 0.29) is 0 Å². The van der Waals surface area contributed by atoms with Gasteiger partial charge in [-0.25, -0.2) is 4.98 Å². The van der Waals surface area contributed by atoms with Crippen LogP contribution in [0.3, 0.4) is 0 Å². The molecule has 0 spiro atoms. The minimum absolute atomic E-state index is 0.385. The van der Waals surface area contributed by atoms with Gasteiger partial charge in [-0.3, -0.25) is 0 Å². The van der Waals surface area contributed by atoms with Crippen LogP contribution in [-0.4, -0.2) is 4.98 Å². The highest BCUT2D eigenvalue weighted by molar-refractivity contribution is 6.33. The Balaban J connectivity index is 2.36. The lowest BCUT2D eigenvalue weighted by Gasteiger charge is -2.25. The van der Waals surface area contributed by atoms with E-state index in [1.165, 1.54) is 19.3 Å². The van der Waals surface area contributed by atoms with Crippen LogP contribution in [-0.2, 0) is 6.54 Å². The molecule has 1 aromatic heterocycles. The predicted molar refractivity (Wildman–Crippen MR) is 58.7 cm³/mol. The van der Waals surface area contributed by atoms with E-state index in [1.54, 1.807) is 0 Å². The number of rotatable bonds is 2. The third-order valence-electron chi connectivity index (χ3n) is 2.74. The zero-order chi connectivity index (χ0) is 10.1. The molecule has 14 heavy (non-hydrogen) atoms. The molecule has 0 unspecified atom stereocenters. The van der Waals surface area contributed by atoms with Crippen molar-refractivity contribution in [1.29, 1.82) is 0 Å². The largest absolute Gasteiger partial charge is 0.326 e. The Labute approximate surface area is 93.4 Å². The molecule has 1 heterocycles. The highest BCUT2D eigenvalue weighted by Crippen LogP contribution is 2.39. The molecular formula is C10H12Cl2N2. The van der Waals surface area contributed by atoms with Crippen molar-refractivity contribution in [3.8, 4) is 0 Å². The van der Waals surface area contributed by atoms with E-state index in [1.807, 2.05) is 6.07 Å². The van der Waals surface area contributed by atoms with Gasteiger partial charge in [0.05, 0.1) is 10.7 Å². The molecule has 0 aliphatic heterocycles. The minimum Gasteiger partial charge on any atom is -0.326 e. The second-order valence-corrected chi connectivity index (χ2v) is 4.40. The first-order valence-corrected chi connectivity index (χ1v) is 5.53. The number of nitrogens with zero attached hydrogens (tertiary/aromatic N) is 1. The lowest BCUT2D eigenvalue weighted by molar-refractivity contribution is 0.411. The molecule has 0 radical (unpaired) electrons. The van der Waals surface area contributed by atoms with Gasteiger partial charge in [-0.05, 0) is 18.9 Å². The van der Waals surface area contributed by atoms with Crippen molar-refractivity contribution in [3.05, 3.63) is 27.5 Å². The molecule has 4 heteroatoms. The average Bonchev–Trinajstić information content (AvgIpc) is 2.08. The summed E-state index contributed by atoms with van der Waals surface area (Å²) in [5.41, 5.74) is 7.27. The van der Waals surface area contributed by atoms with Gasteiger partial charge in [-0.2, -0.15) is 0 Å². The first kappa shape index (κ1) is 10.2. The third-order valence-corrected chi connectivity index (χ3v) is 3.37. The summed E-state index contributed by atoms with van der Waals surface area (Å²) >= 11 is 12.1. The van der Waals surface area contributed by atoms with Crippen LogP contribution in [0.5, 0.6) is 0 Å². The van der Waals surface area contributed by atoms with E-state index >= 15 is 0 Å². The summed E-state index contributed by atoms with van der Waals surface area (Å²) in [6, 6.07) is 1.84. The minimum atomic E-state index is 0.385. The van der Waals surface area contributed by atoms with Crippen LogP contribution in [0.15, 0.2) is 6.07 Å². The van der Waals surface area contributed by atoms with Crippen LogP contribution in [0.1, 0.15) is 36.4 Å². The maximum atomic E-state index is 6.11. The Hall–Kier alpha value is -0.310. The molecule has 1 fully saturated rings. The quantitative estimate of drug-likeness (QED) is 0.794. The van der Waals surface area contributed by atoms with Gasteiger partial charge in [-0.1, -0.05) is 29.6 Å². The molecule has 2 rings (SSSR count). The van der Waals surface area contributed by atoms with E-state index in [9.17, 15) is 0 Å². The third kappa shape index (κ3) is 1.74. The van der Waals surface area contributed by atoms with Crippen LogP contribution in [0.4, 0.5) is 0 Å². The number of nitrogens with two attached hydrogens (primary N) is 1. The summed E-state index contributed by atoms with van der Waals surface area (Å²) in [7, 11) is 0. The summed E-state index contributed by atoms with van der Waals surface area (Å²) in [5, 5.41) is 1.21. The predicted octanol–water partition coefficient (Wildman–Crippen LogP) is 3.11. The second kappa shape index (κ2) is 4.05. The van der Waals surface area contributed by atoms with Crippen LogP contribution in [0.25, 0.3) is 0 Å². The summed E-state index contributed by atoms with van der Waals surface area (Å²) < 4.78 is 0. The number of aromatic nitrogens is 1. The Morgan fingerprint density at radius 3 is 2.64 bits per heavy atom. The molecule has 0 atom stereocenters. The normalized spacial score (nSPS) is 16.8. The average molecular weight is 231 g/mol. The van der Waals surface area contributed by atoms with Crippen molar-refractivity contribution in [3.63, 3.8) is 0 Å². The second-order valence-electron chi connectivity index (χ2n) is 3.64. The van der Waals surface area contributed by atoms with Gasteiger partial charge in [0.25, 0.3) is 0 Å². The van der Waals surface area contributed by atoms with Crippen LogP contribution in [0, 0.1) is 0 Å². The highest BCUT2D eigenvalue weighted by Gasteiger charge is 2.24. The smallest absolute Gasteiger partial charge is 0.133 e. The van der Waals surface area contributed by atoms with Crippen molar-refractivity contribution >= 4 is 23.2 Å². The van der Waals surface area contributed by atoms with Gasteiger partial charge in [0, 0.05) is 18.0 Å². The summed E-state index contributed by atoms with van der Waals surface area (Å²) in [6.07, 6.45) is 3.61. The summed E-state index contributed by atoms with van der Waals surface area (Å²) in [5.74, 6) is 0.506. The van der Waals surface area contributed by atoms with Crippen molar-refractivity contribution in [1.82, 2.24) is 4.98 Å². The topological polar surface area (TPSA) is 38.9 Å². The SMILES string of the molecule is NCc1cc(Cl)c(C2CCC2)nc1Cl. The molecule has 1 aromatic rings. The van der Waals surface area contributed by atoms with Crippen LogP contribution < -0.4 is 5.73 Å². The number of pyridine rings is 1. The first-order valence-electron chi connectivity index (χ1n) is 4.77. The summed E-state index contributed by atoms with van der Waals surface area (Å²) in [6.45, 7) is 0.385. The Bertz CT molecular complexity index is 348. The van der Waals surface area contributed by atoms with Gasteiger partial charge >= 0.3 is 0 Å². The molecule has 1 aliphatic carbocycles. The maximum absolute atomic E-state index is 6.11. The van der Waals surface area contributed by atoms with Crippen molar-refractivity contribution in [2.45, 2.75) is 31.7 Å². The van der Waals surface area contributed by atoms with Gasteiger partial charge in [0.15, 0.2) is 0 Å². The number of hydrogen-bond acceptors (Lipinski definition) is 2. The zero-order valence-electron chi connectivity index (χ0n) is 7.76. The van der Waals surface area contributed by atoms with Crippen molar-refractivity contribution in [2.24, 2.45) is 5.73 Å². The number of hydrogen-bond donors (Lipinski definition) is 1. The Morgan fingerprint density at radius 1 is 1.43 bits per heavy atom. The molecule has 1 saturated carbocycles. The molecule has 76 valence electrons. The zero-order valence-corrected chi connectivity index (χ0v) is 9.28. The lowest BCUT2D eigenvalue weighted by atomic mass is 9.82. The fraction of sp³-hybridized carbons (Fsp3) is 0.500. The molecule has 0 bridgehead atoms.